The van der Waals surface area contributed by atoms with Gasteiger partial charge in [-0.3, -0.25) is 0 Å². The van der Waals surface area contributed by atoms with Crippen LogP contribution < -0.4 is 5.73 Å². The lowest BCUT2D eigenvalue weighted by Gasteiger charge is -2.09. The molecule has 0 aliphatic heterocycles. The summed E-state index contributed by atoms with van der Waals surface area (Å²) in [4.78, 5) is 0. The van der Waals surface area contributed by atoms with Crippen molar-refractivity contribution in [2.45, 2.75) is 18.9 Å². The lowest BCUT2D eigenvalue weighted by molar-refractivity contribution is 0.633. The van der Waals surface area contributed by atoms with E-state index in [1.165, 1.54) is 18.4 Å². The molecule has 0 saturated heterocycles. The second-order valence-electron chi connectivity index (χ2n) is 3.41. The highest BCUT2D eigenvalue weighted by atomic mass is 79.9. The molecule has 1 fully saturated rings. The van der Waals surface area contributed by atoms with E-state index < -0.39 is 0 Å². The summed E-state index contributed by atoms with van der Waals surface area (Å²) in [6.45, 7) is 0. The average molecular weight is 263 g/mol. The molecular formula is C10H13BrClN. The molecule has 1 aromatic carbocycles. The number of hydrogen-bond donors (Lipinski definition) is 1. The number of hydrogen-bond acceptors (Lipinski definition) is 1. The summed E-state index contributed by atoms with van der Waals surface area (Å²) < 4.78 is 1.12. The monoisotopic (exact) mass is 261 g/mol. The SMILES string of the molecule is Cl.N[C@H](c1ccc(Br)cc1)C1CC1. The highest BCUT2D eigenvalue weighted by molar-refractivity contribution is 9.10. The van der Waals surface area contributed by atoms with Crippen LogP contribution in [-0.2, 0) is 0 Å². The van der Waals surface area contributed by atoms with Crippen LogP contribution in [0.4, 0.5) is 0 Å². The zero-order chi connectivity index (χ0) is 8.55. The first-order chi connectivity index (χ1) is 5.77. The van der Waals surface area contributed by atoms with Crippen molar-refractivity contribution in [2.75, 3.05) is 0 Å². The van der Waals surface area contributed by atoms with Gasteiger partial charge in [0.1, 0.15) is 0 Å². The Labute approximate surface area is 93.2 Å². The van der Waals surface area contributed by atoms with Crippen LogP contribution >= 0.6 is 28.3 Å². The molecule has 2 N–H and O–H groups in total. The van der Waals surface area contributed by atoms with Crippen molar-refractivity contribution < 1.29 is 0 Å². The second-order valence-corrected chi connectivity index (χ2v) is 4.33. The number of nitrogens with two attached hydrogens (primary N) is 1. The fraction of sp³-hybridized carbons (Fsp3) is 0.400. The van der Waals surface area contributed by atoms with E-state index in [1.807, 2.05) is 0 Å². The molecule has 0 amide bonds. The molecule has 0 unspecified atom stereocenters. The summed E-state index contributed by atoms with van der Waals surface area (Å²) >= 11 is 3.41. The topological polar surface area (TPSA) is 26.0 Å². The van der Waals surface area contributed by atoms with Gasteiger partial charge in [0.25, 0.3) is 0 Å². The van der Waals surface area contributed by atoms with E-state index in [9.17, 15) is 0 Å². The maximum Gasteiger partial charge on any atom is 0.0323 e. The van der Waals surface area contributed by atoms with Crippen molar-refractivity contribution >= 4 is 28.3 Å². The first kappa shape index (κ1) is 11.0. The third-order valence-electron chi connectivity index (χ3n) is 2.38. The van der Waals surface area contributed by atoms with Crippen LogP contribution in [0, 0.1) is 5.92 Å². The Morgan fingerprint density at radius 2 is 1.77 bits per heavy atom. The summed E-state index contributed by atoms with van der Waals surface area (Å²) in [6, 6.07) is 8.58. The molecule has 0 bridgehead atoms. The molecule has 0 aromatic heterocycles. The summed E-state index contributed by atoms with van der Waals surface area (Å²) in [5, 5.41) is 0. The number of halogens is 2. The summed E-state index contributed by atoms with van der Waals surface area (Å²) in [5.41, 5.74) is 7.30. The predicted molar refractivity (Wildman–Crippen MR) is 61.0 cm³/mol. The highest BCUT2D eigenvalue weighted by Crippen LogP contribution is 2.39. The van der Waals surface area contributed by atoms with Gasteiger partial charge in [0.05, 0.1) is 0 Å². The van der Waals surface area contributed by atoms with Crippen molar-refractivity contribution in [1.82, 2.24) is 0 Å². The minimum Gasteiger partial charge on any atom is -0.324 e. The second kappa shape index (κ2) is 4.45. The van der Waals surface area contributed by atoms with E-state index in [1.54, 1.807) is 0 Å². The van der Waals surface area contributed by atoms with Gasteiger partial charge in [-0.2, -0.15) is 0 Å². The van der Waals surface area contributed by atoms with Crippen LogP contribution in [0.1, 0.15) is 24.4 Å². The Hall–Kier alpha value is -0.0500. The lowest BCUT2D eigenvalue weighted by Crippen LogP contribution is -2.11. The summed E-state index contributed by atoms with van der Waals surface area (Å²) in [5.74, 6) is 0.742. The Balaban J connectivity index is 0.000000845. The molecule has 0 radical (unpaired) electrons. The fourth-order valence-corrected chi connectivity index (χ4v) is 1.68. The summed E-state index contributed by atoms with van der Waals surface area (Å²) in [6.07, 6.45) is 2.61. The van der Waals surface area contributed by atoms with Crippen molar-refractivity contribution in [1.29, 1.82) is 0 Å². The molecule has 1 saturated carbocycles. The first-order valence-electron chi connectivity index (χ1n) is 4.28. The molecule has 1 atom stereocenters. The van der Waals surface area contributed by atoms with Gasteiger partial charge < -0.3 is 5.73 Å². The molecule has 72 valence electrons. The standard InChI is InChI=1S/C10H12BrN.ClH/c11-9-5-3-8(4-6-9)10(12)7-1-2-7;/h3-7,10H,1-2,12H2;1H/t10-;/m0./s1. The van der Waals surface area contributed by atoms with Crippen LogP contribution in [0.5, 0.6) is 0 Å². The molecule has 0 heterocycles. The van der Waals surface area contributed by atoms with Crippen molar-refractivity contribution in [3.05, 3.63) is 34.3 Å². The van der Waals surface area contributed by atoms with E-state index in [4.69, 9.17) is 5.73 Å². The number of rotatable bonds is 2. The number of benzene rings is 1. The van der Waals surface area contributed by atoms with Crippen LogP contribution in [-0.4, -0.2) is 0 Å². The molecule has 1 aliphatic carbocycles. The minimum absolute atomic E-state index is 0. The molecule has 3 heteroatoms. The van der Waals surface area contributed by atoms with E-state index >= 15 is 0 Å². The molecule has 1 aliphatic rings. The van der Waals surface area contributed by atoms with Gasteiger partial charge >= 0.3 is 0 Å². The largest absolute Gasteiger partial charge is 0.324 e. The smallest absolute Gasteiger partial charge is 0.0323 e. The molecule has 1 nitrogen and oxygen atoms in total. The van der Waals surface area contributed by atoms with Gasteiger partial charge in [-0.15, -0.1) is 12.4 Å². The Kier molecular flexibility index (Phi) is 3.77. The highest BCUT2D eigenvalue weighted by Gasteiger charge is 2.29. The van der Waals surface area contributed by atoms with Crippen LogP contribution in [0.3, 0.4) is 0 Å². The van der Waals surface area contributed by atoms with E-state index in [-0.39, 0.29) is 18.4 Å². The van der Waals surface area contributed by atoms with Gasteiger partial charge in [0, 0.05) is 10.5 Å². The van der Waals surface area contributed by atoms with Gasteiger partial charge in [-0.1, -0.05) is 28.1 Å². The van der Waals surface area contributed by atoms with Crippen molar-refractivity contribution in [2.24, 2.45) is 11.7 Å². The van der Waals surface area contributed by atoms with Crippen molar-refractivity contribution in [3.63, 3.8) is 0 Å². The van der Waals surface area contributed by atoms with Gasteiger partial charge in [-0.25, -0.2) is 0 Å². The molecule has 0 spiro atoms. The maximum absolute atomic E-state index is 6.04. The van der Waals surface area contributed by atoms with E-state index in [0.29, 0.717) is 0 Å². The predicted octanol–water partition coefficient (Wildman–Crippen LogP) is 3.28. The van der Waals surface area contributed by atoms with Crippen LogP contribution in [0.2, 0.25) is 0 Å². The Morgan fingerprint density at radius 3 is 2.23 bits per heavy atom. The zero-order valence-corrected chi connectivity index (χ0v) is 9.64. The third kappa shape index (κ3) is 2.70. The Morgan fingerprint density at radius 1 is 1.23 bits per heavy atom. The quantitative estimate of drug-likeness (QED) is 0.870. The summed E-state index contributed by atoms with van der Waals surface area (Å²) in [7, 11) is 0. The molecule has 1 aromatic rings. The minimum atomic E-state index is 0. The van der Waals surface area contributed by atoms with E-state index in [0.717, 1.165) is 10.4 Å². The molecule has 2 rings (SSSR count). The van der Waals surface area contributed by atoms with Gasteiger partial charge in [0.15, 0.2) is 0 Å². The van der Waals surface area contributed by atoms with E-state index in [2.05, 4.69) is 40.2 Å². The van der Waals surface area contributed by atoms with Gasteiger partial charge in [-0.05, 0) is 36.5 Å². The zero-order valence-electron chi connectivity index (χ0n) is 7.24. The lowest BCUT2D eigenvalue weighted by atomic mass is 10.0. The fourth-order valence-electron chi connectivity index (χ4n) is 1.41. The average Bonchev–Trinajstić information content (AvgIpc) is 2.87. The normalized spacial score (nSPS) is 17.7. The van der Waals surface area contributed by atoms with Crippen LogP contribution in [0.15, 0.2) is 28.7 Å². The molecular weight excluding hydrogens is 249 g/mol. The van der Waals surface area contributed by atoms with Crippen molar-refractivity contribution in [3.8, 4) is 0 Å². The third-order valence-corrected chi connectivity index (χ3v) is 2.91. The van der Waals surface area contributed by atoms with Gasteiger partial charge in [0.2, 0.25) is 0 Å². The van der Waals surface area contributed by atoms with Crippen LogP contribution in [0.25, 0.3) is 0 Å². The molecule has 13 heavy (non-hydrogen) atoms. The maximum atomic E-state index is 6.04. The first-order valence-corrected chi connectivity index (χ1v) is 5.08. The Bertz CT molecular complexity index is 269.